The van der Waals surface area contributed by atoms with Crippen molar-refractivity contribution in [3.63, 3.8) is 0 Å². The summed E-state index contributed by atoms with van der Waals surface area (Å²) in [6.45, 7) is 5.04. The number of primary amides is 1. The Labute approximate surface area is 192 Å². The summed E-state index contributed by atoms with van der Waals surface area (Å²) >= 11 is 0. The quantitative estimate of drug-likeness (QED) is 0.334. The van der Waals surface area contributed by atoms with E-state index in [4.69, 9.17) is 5.73 Å². The SMILES string of the molecule is CC=CS(=O)(=O)Nc1cccc(-c2ccc(C(N)=O)c3[nH]c4cc(C(C)(C)O)ccc4c23)c1. The Morgan fingerprint density at radius 3 is 2.55 bits per heavy atom. The van der Waals surface area contributed by atoms with Crippen LogP contribution in [-0.2, 0) is 15.6 Å². The first-order chi connectivity index (χ1) is 15.5. The smallest absolute Gasteiger partial charge is 0.254 e. The lowest BCUT2D eigenvalue weighted by atomic mass is 9.94. The maximum atomic E-state index is 12.2. The number of benzene rings is 3. The lowest BCUT2D eigenvalue weighted by Crippen LogP contribution is -2.14. The van der Waals surface area contributed by atoms with Gasteiger partial charge in [-0.1, -0.05) is 36.4 Å². The molecule has 170 valence electrons. The van der Waals surface area contributed by atoms with Gasteiger partial charge in [-0.15, -0.1) is 0 Å². The first-order valence-electron chi connectivity index (χ1n) is 10.4. The van der Waals surface area contributed by atoms with Crippen LogP contribution < -0.4 is 10.5 Å². The summed E-state index contributed by atoms with van der Waals surface area (Å²) in [5.41, 5.74) is 9.01. The van der Waals surface area contributed by atoms with Gasteiger partial charge in [0.25, 0.3) is 15.9 Å². The predicted molar refractivity (Wildman–Crippen MR) is 132 cm³/mol. The standard InChI is InChI=1S/C25H25N3O4S/c1-4-12-33(31,32)28-17-7-5-6-15(13-17)18-10-11-20(24(26)29)23-22(18)19-9-8-16(25(2,3)30)14-21(19)27-23/h4-14,27-28,30H,1-3H3,(H2,26,29). The molecule has 5 N–H and O–H groups in total. The average Bonchev–Trinajstić information content (AvgIpc) is 3.10. The molecular weight excluding hydrogens is 438 g/mol. The highest BCUT2D eigenvalue weighted by Gasteiger charge is 2.20. The number of aliphatic hydroxyl groups is 1. The number of nitrogens with one attached hydrogen (secondary N) is 2. The number of anilines is 1. The zero-order chi connectivity index (χ0) is 24.0. The first-order valence-corrected chi connectivity index (χ1v) is 11.9. The summed E-state index contributed by atoms with van der Waals surface area (Å²) in [4.78, 5) is 15.4. The zero-order valence-electron chi connectivity index (χ0n) is 18.5. The predicted octanol–water partition coefficient (Wildman–Crippen LogP) is 4.59. The van der Waals surface area contributed by atoms with Crippen molar-refractivity contribution in [2.45, 2.75) is 26.4 Å². The molecule has 33 heavy (non-hydrogen) atoms. The molecular formula is C25H25N3O4S. The number of allylic oxidation sites excluding steroid dienone is 1. The maximum Gasteiger partial charge on any atom is 0.254 e. The molecule has 4 rings (SSSR count). The number of hydrogen-bond donors (Lipinski definition) is 4. The van der Waals surface area contributed by atoms with Gasteiger partial charge in [0.05, 0.1) is 16.7 Å². The van der Waals surface area contributed by atoms with Crippen molar-refractivity contribution in [1.29, 1.82) is 0 Å². The topological polar surface area (TPSA) is 125 Å². The van der Waals surface area contributed by atoms with Crippen molar-refractivity contribution in [1.82, 2.24) is 4.98 Å². The van der Waals surface area contributed by atoms with Gasteiger partial charge in [-0.2, -0.15) is 0 Å². The van der Waals surface area contributed by atoms with E-state index >= 15 is 0 Å². The second-order valence-corrected chi connectivity index (χ2v) is 9.98. The molecule has 3 aromatic carbocycles. The van der Waals surface area contributed by atoms with Gasteiger partial charge < -0.3 is 15.8 Å². The van der Waals surface area contributed by atoms with Crippen LogP contribution in [0.2, 0.25) is 0 Å². The van der Waals surface area contributed by atoms with Crippen LogP contribution in [0.25, 0.3) is 32.9 Å². The number of aromatic amines is 1. The summed E-state index contributed by atoms with van der Waals surface area (Å²) in [5, 5.41) is 13.2. The van der Waals surface area contributed by atoms with Gasteiger partial charge in [-0.05, 0) is 61.7 Å². The summed E-state index contributed by atoms with van der Waals surface area (Å²) in [5.74, 6) is -0.561. The number of aromatic nitrogens is 1. The molecule has 0 aliphatic heterocycles. The van der Waals surface area contributed by atoms with Crippen molar-refractivity contribution in [3.8, 4) is 11.1 Å². The van der Waals surface area contributed by atoms with E-state index in [0.717, 1.165) is 38.4 Å². The molecule has 0 aliphatic rings. The van der Waals surface area contributed by atoms with Crippen molar-refractivity contribution in [3.05, 3.63) is 77.2 Å². The van der Waals surface area contributed by atoms with Gasteiger partial charge in [0.15, 0.2) is 0 Å². The molecule has 4 aromatic rings. The fraction of sp³-hybridized carbons (Fsp3) is 0.160. The average molecular weight is 464 g/mol. The Morgan fingerprint density at radius 1 is 1.12 bits per heavy atom. The van der Waals surface area contributed by atoms with Gasteiger partial charge in [-0.3, -0.25) is 9.52 Å². The molecule has 0 spiro atoms. The van der Waals surface area contributed by atoms with Crippen molar-refractivity contribution < 1.29 is 18.3 Å². The number of hydrogen-bond acceptors (Lipinski definition) is 4. The summed E-state index contributed by atoms with van der Waals surface area (Å²) in [6.07, 6.45) is 1.45. The number of amides is 1. The van der Waals surface area contributed by atoms with Crippen molar-refractivity contribution in [2.75, 3.05) is 4.72 Å². The molecule has 0 saturated heterocycles. The second-order valence-electron chi connectivity index (χ2n) is 8.42. The van der Waals surface area contributed by atoms with E-state index in [0.29, 0.717) is 16.8 Å². The third kappa shape index (κ3) is 4.35. The monoisotopic (exact) mass is 463 g/mol. The maximum absolute atomic E-state index is 12.2. The van der Waals surface area contributed by atoms with E-state index in [1.165, 1.54) is 6.08 Å². The minimum Gasteiger partial charge on any atom is -0.386 e. The Bertz CT molecular complexity index is 1530. The molecule has 7 nitrogen and oxygen atoms in total. The van der Waals surface area contributed by atoms with Crippen LogP contribution in [0, 0.1) is 0 Å². The molecule has 0 unspecified atom stereocenters. The number of carbonyl (C=O) groups excluding carboxylic acids is 1. The Balaban J connectivity index is 1.96. The molecule has 1 amide bonds. The Morgan fingerprint density at radius 2 is 1.88 bits per heavy atom. The van der Waals surface area contributed by atoms with E-state index in [1.807, 2.05) is 24.3 Å². The third-order valence-electron chi connectivity index (χ3n) is 5.47. The fourth-order valence-corrected chi connectivity index (χ4v) is 4.85. The molecule has 0 fully saturated rings. The van der Waals surface area contributed by atoms with E-state index < -0.39 is 21.5 Å². The number of carbonyl (C=O) groups is 1. The Kier molecular flexibility index (Phi) is 5.51. The normalized spacial score (nSPS) is 12.6. The van der Waals surface area contributed by atoms with Gasteiger partial charge in [0.1, 0.15) is 0 Å². The van der Waals surface area contributed by atoms with Crippen molar-refractivity contribution in [2.24, 2.45) is 5.73 Å². The van der Waals surface area contributed by atoms with Crippen LogP contribution >= 0.6 is 0 Å². The van der Waals surface area contributed by atoms with Crippen LogP contribution in [0.1, 0.15) is 36.7 Å². The molecule has 8 heteroatoms. The number of sulfonamides is 1. The minimum atomic E-state index is -3.61. The molecule has 0 atom stereocenters. The Hall–Kier alpha value is -3.62. The highest BCUT2D eigenvalue weighted by molar-refractivity contribution is 7.95. The van der Waals surface area contributed by atoms with Gasteiger partial charge in [0, 0.05) is 27.4 Å². The largest absolute Gasteiger partial charge is 0.386 e. The molecule has 0 radical (unpaired) electrons. The van der Waals surface area contributed by atoms with Gasteiger partial charge in [0.2, 0.25) is 0 Å². The van der Waals surface area contributed by atoms with Gasteiger partial charge in [-0.25, -0.2) is 8.42 Å². The molecule has 0 aliphatic carbocycles. The van der Waals surface area contributed by atoms with Crippen molar-refractivity contribution >= 4 is 43.4 Å². The van der Waals surface area contributed by atoms with E-state index in [2.05, 4.69) is 9.71 Å². The van der Waals surface area contributed by atoms with Crippen LogP contribution in [0.5, 0.6) is 0 Å². The number of fused-ring (bicyclic) bond motifs is 3. The third-order valence-corrected chi connectivity index (χ3v) is 6.63. The van der Waals surface area contributed by atoms with E-state index in [9.17, 15) is 18.3 Å². The van der Waals surface area contributed by atoms with Crippen LogP contribution in [0.4, 0.5) is 5.69 Å². The molecule has 0 bridgehead atoms. The summed E-state index contributed by atoms with van der Waals surface area (Å²) in [7, 11) is -3.61. The van der Waals surface area contributed by atoms with E-state index in [-0.39, 0.29) is 0 Å². The van der Waals surface area contributed by atoms with Crippen LogP contribution in [0.15, 0.2) is 66.1 Å². The number of nitrogens with two attached hydrogens (primary N) is 1. The molecule has 1 heterocycles. The highest BCUT2D eigenvalue weighted by Crippen LogP contribution is 2.38. The number of H-pyrrole nitrogens is 1. The summed E-state index contributed by atoms with van der Waals surface area (Å²) < 4.78 is 26.8. The molecule has 0 saturated carbocycles. The fourth-order valence-electron chi connectivity index (χ4n) is 3.97. The van der Waals surface area contributed by atoms with E-state index in [1.54, 1.807) is 51.1 Å². The van der Waals surface area contributed by atoms with Crippen LogP contribution in [0.3, 0.4) is 0 Å². The zero-order valence-corrected chi connectivity index (χ0v) is 19.3. The lowest BCUT2D eigenvalue weighted by molar-refractivity contribution is 0.0787. The molecule has 1 aromatic heterocycles. The minimum absolute atomic E-state index is 0.347. The number of rotatable bonds is 6. The van der Waals surface area contributed by atoms with Gasteiger partial charge >= 0.3 is 0 Å². The summed E-state index contributed by atoms with van der Waals surface area (Å²) in [6, 6.07) is 16.1. The lowest BCUT2D eigenvalue weighted by Gasteiger charge is -2.17. The highest BCUT2D eigenvalue weighted by atomic mass is 32.2. The van der Waals surface area contributed by atoms with Crippen LogP contribution in [-0.4, -0.2) is 24.4 Å². The second kappa shape index (κ2) is 8.06. The first kappa shape index (κ1) is 22.6.